The van der Waals surface area contributed by atoms with Crippen molar-refractivity contribution < 1.29 is 9.59 Å². The number of piperidine rings is 1. The molecule has 0 aliphatic carbocycles. The number of rotatable bonds is 4. The van der Waals surface area contributed by atoms with Gasteiger partial charge in [-0.05, 0) is 37.8 Å². The predicted molar refractivity (Wildman–Crippen MR) is 96.2 cm³/mol. The van der Waals surface area contributed by atoms with E-state index in [1.54, 1.807) is 24.5 Å². The fourth-order valence-corrected chi connectivity index (χ4v) is 3.62. The molecule has 0 atom stereocenters. The summed E-state index contributed by atoms with van der Waals surface area (Å²) in [5, 5.41) is 3.09. The molecular formula is C19H28N4O2. The highest BCUT2D eigenvalue weighted by atomic mass is 16.2. The van der Waals surface area contributed by atoms with Gasteiger partial charge in [0.15, 0.2) is 0 Å². The van der Waals surface area contributed by atoms with E-state index >= 15 is 0 Å². The third-order valence-corrected chi connectivity index (χ3v) is 5.18. The molecule has 0 aromatic carbocycles. The van der Waals surface area contributed by atoms with Crippen LogP contribution in [0.2, 0.25) is 0 Å². The monoisotopic (exact) mass is 344 g/mol. The molecule has 1 aromatic heterocycles. The van der Waals surface area contributed by atoms with Gasteiger partial charge in [0.05, 0.1) is 6.54 Å². The summed E-state index contributed by atoms with van der Waals surface area (Å²) in [6.45, 7) is 4.07. The second-order valence-corrected chi connectivity index (χ2v) is 7.05. The molecule has 2 aliphatic rings. The lowest BCUT2D eigenvalue weighted by Crippen LogP contribution is -2.48. The number of likely N-dealkylation sites (tertiary alicyclic amines) is 2. The maximum Gasteiger partial charge on any atom is 0.251 e. The SMILES string of the molecule is O=C(NC1CCN(CC(=O)N2CCCCCC2)CC1)c1ccncc1. The first-order valence-corrected chi connectivity index (χ1v) is 9.43. The van der Waals surface area contributed by atoms with E-state index in [9.17, 15) is 9.59 Å². The Morgan fingerprint density at radius 1 is 1.00 bits per heavy atom. The van der Waals surface area contributed by atoms with Crippen LogP contribution in [0.5, 0.6) is 0 Å². The van der Waals surface area contributed by atoms with Crippen LogP contribution in [0.3, 0.4) is 0 Å². The van der Waals surface area contributed by atoms with Crippen LogP contribution < -0.4 is 5.32 Å². The Morgan fingerprint density at radius 2 is 1.64 bits per heavy atom. The quantitative estimate of drug-likeness (QED) is 0.902. The highest BCUT2D eigenvalue weighted by Gasteiger charge is 2.24. The van der Waals surface area contributed by atoms with E-state index in [1.165, 1.54) is 12.8 Å². The van der Waals surface area contributed by atoms with Crippen LogP contribution in [-0.4, -0.2) is 65.4 Å². The van der Waals surface area contributed by atoms with Crippen LogP contribution in [0.4, 0.5) is 0 Å². The molecule has 0 bridgehead atoms. The van der Waals surface area contributed by atoms with Crippen LogP contribution in [0.15, 0.2) is 24.5 Å². The molecule has 2 aliphatic heterocycles. The average Bonchev–Trinajstić information content (AvgIpc) is 2.93. The Balaban J connectivity index is 1.41. The number of amides is 2. The Kier molecular flexibility index (Phi) is 6.39. The summed E-state index contributed by atoms with van der Waals surface area (Å²) < 4.78 is 0. The predicted octanol–water partition coefficient (Wildman–Crippen LogP) is 1.68. The van der Waals surface area contributed by atoms with E-state index in [0.29, 0.717) is 12.1 Å². The molecular weight excluding hydrogens is 316 g/mol. The van der Waals surface area contributed by atoms with Gasteiger partial charge in [-0.1, -0.05) is 12.8 Å². The number of pyridine rings is 1. The molecule has 2 amide bonds. The summed E-state index contributed by atoms with van der Waals surface area (Å²) in [6.07, 6.45) is 9.80. The number of aromatic nitrogens is 1. The van der Waals surface area contributed by atoms with Crippen molar-refractivity contribution in [2.45, 2.75) is 44.6 Å². The molecule has 0 unspecified atom stereocenters. The molecule has 6 nitrogen and oxygen atoms in total. The van der Waals surface area contributed by atoms with Crippen molar-refractivity contribution in [3.63, 3.8) is 0 Å². The molecule has 2 fully saturated rings. The molecule has 0 radical (unpaired) electrons. The highest BCUT2D eigenvalue weighted by Crippen LogP contribution is 2.14. The Labute approximate surface area is 149 Å². The molecule has 2 saturated heterocycles. The fourth-order valence-electron chi connectivity index (χ4n) is 3.62. The summed E-state index contributed by atoms with van der Waals surface area (Å²) in [6, 6.07) is 3.64. The molecule has 1 aromatic rings. The third kappa shape index (κ3) is 5.26. The Morgan fingerprint density at radius 3 is 2.28 bits per heavy atom. The van der Waals surface area contributed by atoms with Crippen LogP contribution in [0.1, 0.15) is 48.9 Å². The minimum absolute atomic E-state index is 0.0403. The van der Waals surface area contributed by atoms with Crippen molar-refractivity contribution in [2.24, 2.45) is 0 Å². The van der Waals surface area contributed by atoms with Gasteiger partial charge in [0.25, 0.3) is 5.91 Å². The summed E-state index contributed by atoms with van der Waals surface area (Å²) >= 11 is 0. The first-order valence-electron chi connectivity index (χ1n) is 9.43. The topological polar surface area (TPSA) is 65.5 Å². The van der Waals surface area contributed by atoms with Gasteiger partial charge in [-0.2, -0.15) is 0 Å². The van der Waals surface area contributed by atoms with Crippen molar-refractivity contribution in [1.82, 2.24) is 20.1 Å². The number of carbonyl (C=O) groups is 2. The zero-order chi connectivity index (χ0) is 17.5. The maximum absolute atomic E-state index is 12.5. The fraction of sp³-hybridized carbons (Fsp3) is 0.632. The largest absolute Gasteiger partial charge is 0.349 e. The minimum atomic E-state index is -0.0403. The molecule has 25 heavy (non-hydrogen) atoms. The zero-order valence-electron chi connectivity index (χ0n) is 14.8. The van der Waals surface area contributed by atoms with Crippen LogP contribution >= 0.6 is 0 Å². The summed E-state index contributed by atoms with van der Waals surface area (Å²) in [7, 11) is 0. The smallest absolute Gasteiger partial charge is 0.251 e. The first kappa shape index (κ1) is 17.9. The van der Waals surface area contributed by atoms with E-state index < -0.39 is 0 Å². The lowest BCUT2D eigenvalue weighted by Gasteiger charge is -2.33. The van der Waals surface area contributed by atoms with Gasteiger partial charge in [-0.3, -0.25) is 19.5 Å². The van der Waals surface area contributed by atoms with Crippen molar-refractivity contribution in [2.75, 3.05) is 32.7 Å². The normalized spacial score (nSPS) is 20.1. The van der Waals surface area contributed by atoms with Crippen molar-refractivity contribution in [1.29, 1.82) is 0 Å². The highest BCUT2D eigenvalue weighted by molar-refractivity contribution is 5.94. The minimum Gasteiger partial charge on any atom is -0.349 e. The van der Waals surface area contributed by atoms with E-state index in [0.717, 1.165) is 51.9 Å². The third-order valence-electron chi connectivity index (χ3n) is 5.18. The Hall–Kier alpha value is -1.95. The van der Waals surface area contributed by atoms with Gasteiger partial charge in [0.1, 0.15) is 0 Å². The standard InChI is InChI=1S/C19H28N4O2/c24-18(23-11-3-1-2-4-12-23)15-22-13-7-17(8-14-22)21-19(25)16-5-9-20-10-6-16/h5-6,9-10,17H,1-4,7-8,11-15H2,(H,21,25). The molecule has 6 heteroatoms. The van der Waals surface area contributed by atoms with Gasteiger partial charge in [-0.25, -0.2) is 0 Å². The van der Waals surface area contributed by atoms with Crippen molar-refractivity contribution in [3.05, 3.63) is 30.1 Å². The van der Waals surface area contributed by atoms with Gasteiger partial charge in [0.2, 0.25) is 5.91 Å². The van der Waals surface area contributed by atoms with E-state index in [4.69, 9.17) is 0 Å². The van der Waals surface area contributed by atoms with Crippen molar-refractivity contribution >= 4 is 11.8 Å². The first-order chi connectivity index (χ1) is 12.2. The molecule has 1 N–H and O–H groups in total. The molecule has 3 rings (SSSR count). The van der Waals surface area contributed by atoms with Crippen molar-refractivity contribution in [3.8, 4) is 0 Å². The van der Waals surface area contributed by atoms with Crippen LogP contribution in [0, 0.1) is 0 Å². The van der Waals surface area contributed by atoms with E-state index in [1.807, 2.05) is 4.90 Å². The Bertz CT molecular complexity index is 562. The van der Waals surface area contributed by atoms with Crippen LogP contribution in [0.25, 0.3) is 0 Å². The van der Waals surface area contributed by atoms with Gasteiger partial charge in [-0.15, -0.1) is 0 Å². The number of nitrogens with zero attached hydrogens (tertiary/aromatic N) is 3. The summed E-state index contributed by atoms with van der Waals surface area (Å²) in [4.78, 5) is 32.9. The second-order valence-electron chi connectivity index (χ2n) is 7.05. The van der Waals surface area contributed by atoms with Gasteiger partial charge >= 0.3 is 0 Å². The lowest BCUT2D eigenvalue weighted by molar-refractivity contribution is -0.132. The number of hydrogen-bond acceptors (Lipinski definition) is 4. The molecule has 3 heterocycles. The van der Waals surface area contributed by atoms with Gasteiger partial charge < -0.3 is 10.2 Å². The summed E-state index contributed by atoms with van der Waals surface area (Å²) in [5.41, 5.74) is 0.647. The second kappa shape index (κ2) is 8.94. The molecule has 0 saturated carbocycles. The van der Waals surface area contributed by atoms with Crippen LogP contribution in [-0.2, 0) is 4.79 Å². The number of carbonyl (C=O) groups excluding carboxylic acids is 2. The summed E-state index contributed by atoms with van der Waals surface area (Å²) in [5.74, 6) is 0.225. The van der Waals surface area contributed by atoms with Gasteiger partial charge in [0, 0.05) is 50.2 Å². The number of nitrogens with one attached hydrogen (secondary N) is 1. The van der Waals surface area contributed by atoms with E-state index in [-0.39, 0.29) is 17.9 Å². The average molecular weight is 344 g/mol. The molecule has 136 valence electrons. The number of hydrogen-bond donors (Lipinski definition) is 1. The zero-order valence-corrected chi connectivity index (χ0v) is 14.8. The maximum atomic E-state index is 12.5. The molecule has 0 spiro atoms. The lowest BCUT2D eigenvalue weighted by atomic mass is 10.0. The van der Waals surface area contributed by atoms with E-state index in [2.05, 4.69) is 15.2 Å².